The summed E-state index contributed by atoms with van der Waals surface area (Å²) in [5.41, 5.74) is 6.75. The summed E-state index contributed by atoms with van der Waals surface area (Å²) in [6.07, 6.45) is 11.2. The molecule has 1 aromatic heterocycles. The van der Waals surface area contributed by atoms with Gasteiger partial charge in [0.05, 0.1) is 24.7 Å². The molecule has 0 fully saturated rings. The van der Waals surface area contributed by atoms with Crippen LogP contribution in [0.4, 0.5) is 0 Å². The number of aliphatic hydroxyl groups excluding tert-OH is 1. The van der Waals surface area contributed by atoms with E-state index >= 15 is 0 Å². The van der Waals surface area contributed by atoms with E-state index in [-0.39, 0.29) is 12.6 Å². The summed E-state index contributed by atoms with van der Waals surface area (Å²) in [6, 6.07) is 0.128. The van der Waals surface area contributed by atoms with Gasteiger partial charge in [0.15, 0.2) is 0 Å². The Morgan fingerprint density at radius 3 is 3.13 bits per heavy atom. The van der Waals surface area contributed by atoms with Gasteiger partial charge in [-0.1, -0.05) is 12.2 Å². The molecule has 0 spiro atoms. The topological polar surface area (TPSA) is 64.1 Å². The molecular formula is C11H17N3O. The summed E-state index contributed by atoms with van der Waals surface area (Å²) >= 11 is 0. The van der Waals surface area contributed by atoms with Crippen molar-refractivity contribution in [2.75, 3.05) is 6.61 Å². The van der Waals surface area contributed by atoms with Crippen molar-refractivity contribution in [2.24, 2.45) is 5.73 Å². The summed E-state index contributed by atoms with van der Waals surface area (Å²) in [5.74, 6) is 0. The first-order chi connectivity index (χ1) is 7.33. The Bertz CT molecular complexity index is 345. The van der Waals surface area contributed by atoms with Crippen LogP contribution in [0.5, 0.6) is 0 Å². The molecule has 0 amide bonds. The van der Waals surface area contributed by atoms with Crippen molar-refractivity contribution in [2.45, 2.75) is 31.3 Å². The van der Waals surface area contributed by atoms with Gasteiger partial charge >= 0.3 is 0 Å². The number of imidazole rings is 1. The zero-order valence-electron chi connectivity index (χ0n) is 8.71. The highest BCUT2D eigenvalue weighted by Crippen LogP contribution is 2.26. The van der Waals surface area contributed by atoms with Crippen LogP contribution in [0.2, 0.25) is 0 Å². The summed E-state index contributed by atoms with van der Waals surface area (Å²) in [4.78, 5) is 4.11. The van der Waals surface area contributed by atoms with Gasteiger partial charge in [-0.3, -0.25) is 0 Å². The molecule has 1 aromatic rings. The van der Waals surface area contributed by atoms with Crippen LogP contribution in [0, 0.1) is 0 Å². The van der Waals surface area contributed by atoms with Crippen LogP contribution >= 0.6 is 0 Å². The highest BCUT2D eigenvalue weighted by atomic mass is 16.3. The van der Waals surface area contributed by atoms with Gasteiger partial charge in [-0.25, -0.2) is 4.98 Å². The lowest BCUT2D eigenvalue weighted by atomic mass is 10.0. The third-order valence-electron chi connectivity index (χ3n) is 2.91. The molecule has 1 aliphatic carbocycles. The average molecular weight is 207 g/mol. The number of hydrogen-bond donors (Lipinski definition) is 2. The van der Waals surface area contributed by atoms with Crippen molar-refractivity contribution >= 4 is 0 Å². The largest absolute Gasteiger partial charge is 0.394 e. The summed E-state index contributed by atoms with van der Waals surface area (Å²) in [7, 11) is 0. The molecule has 0 aliphatic heterocycles. The van der Waals surface area contributed by atoms with E-state index in [0.29, 0.717) is 6.04 Å². The maximum Gasteiger partial charge on any atom is 0.0951 e. The van der Waals surface area contributed by atoms with Gasteiger partial charge < -0.3 is 15.4 Å². The fourth-order valence-electron chi connectivity index (χ4n) is 2.03. The molecule has 0 saturated carbocycles. The zero-order valence-corrected chi connectivity index (χ0v) is 8.71. The maximum absolute atomic E-state index is 9.05. The Hall–Kier alpha value is -1.13. The van der Waals surface area contributed by atoms with Crippen LogP contribution in [-0.4, -0.2) is 21.3 Å². The Kier molecular flexibility index (Phi) is 3.18. The number of nitrogens with two attached hydrogens (primary N) is 1. The van der Waals surface area contributed by atoms with Crippen LogP contribution in [0.3, 0.4) is 0 Å². The summed E-state index contributed by atoms with van der Waals surface area (Å²) in [6.45, 7) is -0.0335. The maximum atomic E-state index is 9.05. The molecule has 82 valence electrons. The Labute approximate surface area is 89.4 Å². The lowest BCUT2D eigenvalue weighted by molar-refractivity contribution is 0.260. The normalized spacial score (nSPS) is 22.9. The molecule has 0 aromatic carbocycles. The molecule has 3 N–H and O–H groups in total. The highest BCUT2D eigenvalue weighted by Gasteiger charge is 2.17. The zero-order chi connectivity index (χ0) is 10.7. The second-order valence-corrected chi connectivity index (χ2v) is 3.95. The quantitative estimate of drug-likeness (QED) is 0.731. The van der Waals surface area contributed by atoms with Gasteiger partial charge in [-0.2, -0.15) is 0 Å². The third-order valence-corrected chi connectivity index (χ3v) is 2.91. The van der Waals surface area contributed by atoms with E-state index in [9.17, 15) is 0 Å². The second-order valence-electron chi connectivity index (χ2n) is 3.95. The predicted molar refractivity (Wildman–Crippen MR) is 58.3 cm³/mol. The molecule has 2 rings (SSSR count). The molecule has 2 atom stereocenters. The lowest BCUT2D eigenvalue weighted by Gasteiger charge is -2.23. The van der Waals surface area contributed by atoms with Gasteiger partial charge in [0, 0.05) is 12.2 Å². The minimum atomic E-state index is -0.321. The highest BCUT2D eigenvalue weighted by molar-refractivity contribution is 5.08. The van der Waals surface area contributed by atoms with Crippen LogP contribution in [0.25, 0.3) is 0 Å². The SMILES string of the molecule is NC(CO)c1cncn1C1CC=CCC1. The van der Waals surface area contributed by atoms with Crippen molar-refractivity contribution < 1.29 is 5.11 Å². The molecule has 1 heterocycles. The van der Waals surface area contributed by atoms with Gasteiger partial charge in [0.1, 0.15) is 0 Å². The molecule has 0 radical (unpaired) electrons. The minimum Gasteiger partial charge on any atom is -0.394 e. The summed E-state index contributed by atoms with van der Waals surface area (Å²) < 4.78 is 2.10. The fraction of sp³-hybridized carbons (Fsp3) is 0.545. The second kappa shape index (κ2) is 4.59. The lowest BCUT2D eigenvalue weighted by Crippen LogP contribution is -2.21. The predicted octanol–water partition coefficient (Wildman–Crippen LogP) is 1.16. The first kappa shape index (κ1) is 10.4. The molecule has 2 unspecified atom stereocenters. The van der Waals surface area contributed by atoms with E-state index in [0.717, 1.165) is 25.0 Å². The Morgan fingerprint density at radius 2 is 2.47 bits per heavy atom. The number of allylic oxidation sites excluding steroid dienone is 2. The van der Waals surface area contributed by atoms with Gasteiger partial charge in [-0.05, 0) is 19.3 Å². The van der Waals surface area contributed by atoms with Gasteiger partial charge in [0.25, 0.3) is 0 Å². The van der Waals surface area contributed by atoms with Crippen LogP contribution in [0.15, 0.2) is 24.7 Å². The van der Waals surface area contributed by atoms with E-state index in [4.69, 9.17) is 10.8 Å². The van der Waals surface area contributed by atoms with E-state index in [2.05, 4.69) is 21.7 Å². The number of hydrogen-bond acceptors (Lipinski definition) is 3. The van der Waals surface area contributed by atoms with Crippen LogP contribution in [-0.2, 0) is 0 Å². The minimum absolute atomic E-state index is 0.0335. The smallest absolute Gasteiger partial charge is 0.0951 e. The Morgan fingerprint density at radius 1 is 1.60 bits per heavy atom. The van der Waals surface area contributed by atoms with Gasteiger partial charge in [0.2, 0.25) is 0 Å². The van der Waals surface area contributed by atoms with E-state index in [1.807, 2.05) is 6.33 Å². The van der Waals surface area contributed by atoms with Crippen LogP contribution < -0.4 is 5.73 Å². The first-order valence-electron chi connectivity index (χ1n) is 5.36. The number of aromatic nitrogens is 2. The summed E-state index contributed by atoms with van der Waals surface area (Å²) in [5, 5.41) is 9.05. The molecular weight excluding hydrogens is 190 g/mol. The van der Waals surface area contributed by atoms with Crippen molar-refractivity contribution in [3.8, 4) is 0 Å². The molecule has 1 aliphatic rings. The number of aliphatic hydroxyl groups is 1. The van der Waals surface area contributed by atoms with E-state index in [1.54, 1.807) is 6.20 Å². The monoisotopic (exact) mass is 207 g/mol. The first-order valence-corrected chi connectivity index (χ1v) is 5.36. The molecule has 15 heavy (non-hydrogen) atoms. The average Bonchev–Trinajstić information content (AvgIpc) is 2.78. The molecule has 0 saturated heterocycles. The number of nitrogens with zero attached hydrogens (tertiary/aromatic N) is 2. The standard InChI is InChI=1S/C11H17N3O/c12-10(7-15)11-6-13-8-14(11)9-4-2-1-3-5-9/h1-2,6,8-10,15H,3-5,7,12H2. The molecule has 4 heteroatoms. The van der Waals surface area contributed by atoms with E-state index < -0.39 is 0 Å². The van der Waals surface area contributed by atoms with Crippen LogP contribution in [0.1, 0.15) is 37.0 Å². The molecule has 4 nitrogen and oxygen atoms in total. The third kappa shape index (κ3) is 2.11. The van der Waals surface area contributed by atoms with E-state index in [1.165, 1.54) is 0 Å². The Balaban J connectivity index is 2.20. The molecule has 0 bridgehead atoms. The van der Waals surface area contributed by atoms with Crippen molar-refractivity contribution in [1.29, 1.82) is 0 Å². The van der Waals surface area contributed by atoms with Gasteiger partial charge in [-0.15, -0.1) is 0 Å². The number of rotatable bonds is 3. The van der Waals surface area contributed by atoms with Crippen molar-refractivity contribution in [3.05, 3.63) is 30.4 Å². The van der Waals surface area contributed by atoms with Crippen molar-refractivity contribution in [3.63, 3.8) is 0 Å². The van der Waals surface area contributed by atoms with Crippen molar-refractivity contribution in [1.82, 2.24) is 9.55 Å². The fourth-order valence-corrected chi connectivity index (χ4v) is 2.03.